The van der Waals surface area contributed by atoms with E-state index in [1.807, 2.05) is 15.9 Å². The summed E-state index contributed by atoms with van der Waals surface area (Å²) < 4.78 is 65.8. The lowest BCUT2D eigenvalue weighted by molar-refractivity contribution is -0.137. The highest BCUT2D eigenvalue weighted by Crippen LogP contribution is 2.57. The third kappa shape index (κ3) is 4.32. The minimum atomic E-state index is -4.48. The van der Waals surface area contributed by atoms with Gasteiger partial charge < -0.3 is 9.80 Å². The maximum absolute atomic E-state index is 13.2. The van der Waals surface area contributed by atoms with E-state index < -0.39 is 17.7 Å². The van der Waals surface area contributed by atoms with Crippen molar-refractivity contribution >= 4 is 6.03 Å². The van der Waals surface area contributed by atoms with E-state index >= 15 is 0 Å². The van der Waals surface area contributed by atoms with Crippen LogP contribution in [0.3, 0.4) is 0 Å². The van der Waals surface area contributed by atoms with E-state index in [4.69, 9.17) is 5.26 Å². The zero-order chi connectivity index (χ0) is 28.1. The number of urea groups is 1. The lowest BCUT2D eigenvalue weighted by atomic mass is 9.56. The van der Waals surface area contributed by atoms with Gasteiger partial charge in [0.25, 0.3) is 0 Å². The molecule has 2 spiro atoms. The highest BCUT2D eigenvalue weighted by molar-refractivity contribution is 5.77. The van der Waals surface area contributed by atoms with Crippen LogP contribution in [0.2, 0.25) is 0 Å². The topological polar surface area (TPSA) is 88.9 Å². The van der Waals surface area contributed by atoms with Gasteiger partial charge in [-0.15, -0.1) is 0 Å². The largest absolute Gasteiger partial charge is 0.416 e. The quantitative estimate of drug-likeness (QED) is 0.503. The number of halogens is 5. The summed E-state index contributed by atoms with van der Waals surface area (Å²) in [6.07, 6.45) is -0.798. The minimum absolute atomic E-state index is 0.0240. The molecule has 5 aliphatic rings. The summed E-state index contributed by atoms with van der Waals surface area (Å²) in [6, 6.07) is 5.44. The Labute approximate surface area is 227 Å². The molecule has 12 heteroatoms. The van der Waals surface area contributed by atoms with E-state index in [2.05, 4.69) is 15.2 Å². The highest BCUT2D eigenvalue weighted by atomic mass is 19.4. The van der Waals surface area contributed by atoms with Crippen molar-refractivity contribution in [2.24, 2.45) is 16.7 Å². The van der Waals surface area contributed by atoms with Crippen molar-refractivity contribution in [3.63, 3.8) is 0 Å². The molecular weight excluding hydrogens is 531 g/mol. The molecule has 7 nitrogen and oxygen atoms in total. The number of carbonyl (C=O) groups is 1. The van der Waals surface area contributed by atoms with E-state index in [9.17, 15) is 26.7 Å². The lowest BCUT2D eigenvalue weighted by Gasteiger charge is -2.63. The zero-order valence-electron chi connectivity index (χ0n) is 21.8. The highest BCUT2D eigenvalue weighted by Gasteiger charge is 2.59. The first-order valence-electron chi connectivity index (χ1n) is 13.8. The van der Waals surface area contributed by atoms with E-state index in [-0.39, 0.29) is 53.0 Å². The first-order valence-corrected chi connectivity index (χ1v) is 13.8. The van der Waals surface area contributed by atoms with Gasteiger partial charge in [0.1, 0.15) is 5.82 Å². The number of benzene rings is 1. The summed E-state index contributed by atoms with van der Waals surface area (Å²) >= 11 is 0. The maximum Gasteiger partial charge on any atom is 0.416 e. The average molecular weight is 561 g/mol. The number of nitriles is 1. The first kappa shape index (κ1) is 25.7. The summed E-state index contributed by atoms with van der Waals surface area (Å²) in [7, 11) is 0. The second-order valence-corrected chi connectivity index (χ2v) is 13.1. The number of hydrogen-bond acceptors (Lipinski definition) is 4. The van der Waals surface area contributed by atoms with Crippen molar-refractivity contribution in [1.29, 1.82) is 5.26 Å². The molecule has 3 aliphatic carbocycles. The molecule has 3 saturated carbocycles. The van der Waals surface area contributed by atoms with Crippen molar-refractivity contribution in [2.45, 2.75) is 68.9 Å². The van der Waals surface area contributed by atoms with Crippen molar-refractivity contribution in [3.05, 3.63) is 46.5 Å². The Balaban J connectivity index is 0.850. The molecule has 7 rings (SSSR count). The van der Waals surface area contributed by atoms with Crippen LogP contribution in [0.25, 0.3) is 0 Å². The summed E-state index contributed by atoms with van der Waals surface area (Å²) in [5, 5.41) is 16.2. The monoisotopic (exact) mass is 560 g/mol. The van der Waals surface area contributed by atoms with Gasteiger partial charge in [-0.3, -0.25) is 5.10 Å². The lowest BCUT2D eigenvalue weighted by Crippen LogP contribution is -2.70. The smallest absolute Gasteiger partial charge is 0.323 e. The molecule has 0 bridgehead atoms. The second kappa shape index (κ2) is 8.40. The number of rotatable bonds is 4. The molecule has 2 aromatic rings. The van der Waals surface area contributed by atoms with Crippen LogP contribution in [0, 0.1) is 28.1 Å². The first-order chi connectivity index (χ1) is 18.8. The van der Waals surface area contributed by atoms with Crippen LogP contribution in [-0.2, 0) is 12.6 Å². The molecule has 0 unspecified atom stereocenters. The Morgan fingerprint density at radius 3 is 2.17 bits per heavy atom. The maximum atomic E-state index is 13.2. The second-order valence-electron chi connectivity index (χ2n) is 13.1. The third-order valence-electron chi connectivity index (χ3n) is 9.78. The fourth-order valence-corrected chi connectivity index (χ4v) is 7.87. The Hall–Kier alpha value is -3.23. The number of nitrogens with one attached hydrogen (secondary N) is 1. The number of carbonyl (C=O) groups excluding carboxylic acids is 1. The number of aromatic amines is 1. The number of H-pyrrole nitrogens is 1. The summed E-state index contributed by atoms with van der Waals surface area (Å²) in [5.74, 6) is -1.14. The summed E-state index contributed by atoms with van der Waals surface area (Å²) in [4.78, 5) is 21.2. The summed E-state index contributed by atoms with van der Waals surface area (Å²) in [6.45, 7) is 2.78. The van der Waals surface area contributed by atoms with E-state index in [1.165, 1.54) is 0 Å². The molecule has 5 fully saturated rings. The number of amides is 2. The van der Waals surface area contributed by atoms with Crippen molar-refractivity contribution < 1.29 is 26.7 Å². The minimum Gasteiger partial charge on any atom is -0.323 e. The van der Waals surface area contributed by atoms with Gasteiger partial charge in [-0.1, -0.05) is 0 Å². The molecule has 1 N–H and O–H groups in total. The predicted molar refractivity (Wildman–Crippen MR) is 131 cm³/mol. The van der Waals surface area contributed by atoms with E-state index in [0.29, 0.717) is 44.0 Å². The van der Waals surface area contributed by atoms with Crippen LogP contribution in [0.5, 0.6) is 0 Å². The molecule has 1 aromatic carbocycles. The molecule has 3 heterocycles. The van der Waals surface area contributed by atoms with Crippen LogP contribution >= 0.6 is 0 Å². The Bertz CT molecular complexity index is 1380. The molecule has 2 amide bonds. The fourth-order valence-electron chi connectivity index (χ4n) is 7.87. The molecule has 40 heavy (non-hydrogen) atoms. The van der Waals surface area contributed by atoms with Gasteiger partial charge in [-0.25, -0.2) is 18.6 Å². The van der Waals surface area contributed by atoms with Gasteiger partial charge >= 0.3 is 12.2 Å². The number of alkyl halides is 5. The van der Waals surface area contributed by atoms with Crippen LogP contribution in [0.4, 0.5) is 26.7 Å². The standard InChI is InChI=1S/C28H29F5N6O/c29-27(30)9-20(10-27)23-35-22(36-37-23)19-7-26(8-19)14-39(15-26)24(40)38-12-25(13-38)5-18(6-25)2-16-1-17(11-34)4-21(3-16)28(31,32)33/h1,3-4,18-20H,2,5-10,12-15H2,(H,35,36,37). The predicted octanol–water partition coefficient (Wildman–Crippen LogP) is 5.46. The van der Waals surface area contributed by atoms with E-state index in [1.54, 1.807) is 6.07 Å². The fraction of sp³-hybridized carbons (Fsp3) is 0.643. The number of likely N-dealkylation sites (tertiary alicyclic amines) is 2. The van der Waals surface area contributed by atoms with Crippen LogP contribution in [0.15, 0.2) is 18.2 Å². The molecule has 0 radical (unpaired) electrons. The van der Waals surface area contributed by atoms with Gasteiger partial charge in [-0.05, 0) is 61.8 Å². The molecule has 212 valence electrons. The molecule has 1 aromatic heterocycles. The van der Waals surface area contributed by atoms with Crippen molar-refractivity contribution in [3.8, 4) is 6.07 Å². The van der Waals surface area contributed by atoms with Gasteiger partial charge in [0.15, 0.2) is 5.82 Å². The Morgan fingerprint density at radius 2 is 1.60 bits per heavy atom. The van der Waals surface area contributed by atoms with Gasteiger partial charge in [-0.2, -0.15) is 23.5 Å². The van der Waals surface area contributed by atoms with Gasteiger partial charge in [0.05, 0.1) is 17.2 Å². The van der Waals surface area contributed by atoms with Crippen LogP contribution in [-0.4, -0.2) is 63.1 Å². The zero-order valence-corrected chi connectivity index (χ0v) is 21.8. The summed E-state index contributed by atoms with van der Waals surface area (Å²) in [5.41, 5.74) is -0.0508. The normalized spacial score (nSPS) is 25.0. The molecule has 0 atom stereocenters. The molecule has 2 saturated heterocycles. The van der Waals surface area contributed by atoms with E-state index in [0.717, 1.165) is 43.6 Å². The average Bonchev–Trinajstić information content (AvgIpc) is 3.24. The number of nitrogens with zero attached hydrogens (tertiary/aromatic N) is 5. The molecular formula is C28H29F5N6O. The van der Waals surface area contributed by atoms with Crippen LogP contribution in [0.1, 0.15) is 78.7 Å². The number of aromatic nitrogens is 3. The Morgan fingerprint density at radius 1 is 0.975 bits per heavy atom. The third-order valence-corrected chi connectivity index (χ3v) is 9.78. The van der Waals surface area contributed by atoms with Gasteiger partial charge in [0, 0.05) is 61.7 Å². The SMILES string of the molecule is N#Cc1cc(CC2CC3(C2)CN(C(=O)N2CC4(CC(c5nc(C6CC(F)(F)C6)n[nH]5)C4)C2)C3)cc(C(F)(F)F)c1. The van der Waals surface area contributed by atoms with Crippen molar-refractivity contribution in [2.75, 3.05) is 26.2 Å². The Kier molecular flexibility index (Phi) is 5.40. The van der Waals surface area contributed by atoms with Crippen molar-refractivity contribution in [1.82, 2.24) is 25.0 Å². The molecule has 2 aliphatic heterocycles. The van der Waals surface area contributed by atoms with Gasteiger partial charge in [0.2, 0.25) is 5.92 Å². The van der Waals surface area contributed by atoms with Crippen LogP contribution < -0.4 is 0 Å². The number of hydrogen-bond donors (Lipinski definition) is 1.